The molecule has 20 heavy (non-hydrogen) atoms. The van der Waals surface area contributed by atoms with E-state index in [9.17, 15) is 4.79 Å². The lowest BCUT2D eigenvalue weighted by Gasteiger charge is -2.31. The molecule has 0 bridgehead atoms. The largest absolute Gasteiger partial charge is 0.378 e. The van der Waals surface area contributed by atoms with Crippen LogP contribution in [0.1, 0.15) is 65.2 Å². The molecule has 2 aliphatic rings. The molecule has 2 rings (SSSR count). The Labute approximate surface area is 124 Å². The van der Waals surface area contributed by atoms with Crippen molar-refractivity contribution in [1.29, 1.82) is 0 Å². The Bertz CT molecular complexity index is 289. The van der Waals surface area contributed by atoms with Gasteiger partial charge in [-0.15, -0.1) is 0 Å². The number of hydrogen-bond donors (Lipinski definition) is 0. The van der Waals surface area contributed by atoms with E-state index in [1.165, 1.54) is 51.4 Å². The van der Waals surface area contributed by atoms with Gasteiger partial charge in [0.2, 0.25) is 5.91 Å². The summed E-state index contributed by atoms with van der Waals surface area (Å²) in [5, 5.41) is 0. The lowest BCUT2D eigenvalue weighted by Crippen LogP contribution is -2.37. The topological polar surface area (TPSA) is 29.5 Å². The van der Waals surface area contributed by atoms with Crippen molar-refractivity contribution in [3.05, 3.63) is 0 Å². The van der Waals surface area contributed by atoms with Crippen molar-refractivity contribution in [2.45, 2.75) is 71.3 Å². The Balaban J connectivity index is 1.50. The highest BCUT2D eigenvalue weighted by Gasteiger charge is 2.21. The maximum atomic E-state index is 11.3. The molecule has 1 amide bonds. The minimum absolute atomic E-state index is 0.235. The van der Waals surface area contributed by atoms with Gasteiger partial charge in [0.15, 0.2) is 0 Å². The van der Waals surface area contributed by atoms with Crippen molar-refractivity contribution in [1.82, 2.24) is 4.90 Å². The zero-order chi connectivity index (χ0) is 14.4. The van der Waals surface area contributed by atoms with Crippen LogP contribution in [-0.2, 0) is 9.53 Å². The fourth-order valence-electron chi connectivity index (χ4n) is 3.55. The fraction of sp³-hybridized carbons (Fsp3) is 0.941. The van der Waals surface area contributed by atoms with E-state index in [4.69, 9.17) is 4.74 Å². The van der Waals surface area contributed by atoms with Crippen LogP contribution in [0.25, 0.3) is 0 Å². The molecule has 0 aromatic heterocycles. The number of piperidine rings is 1. The zero-order valence-electron chi connectivity index (χ0n) is 13.3. The molecule has 0 radical (unpaired) electrons. The molecule has 2 fully saturated rings. The van der Waals surface area contributed by atoms with Crippen LogP contribution in [0, 0.1) is 11.8 Å². The minimum atomic E-state index is 0.235. The average molecular weight is 281 g/mol. The van der Waals surface area contributed by atoms with Gasteiger partial charge in [0.05, 0.1) is 6.10 Å². The van der Waals surface area contributed by atoms with Crippen LogP contribution in [-0.4, -0.2) is 36.6 Å². The van der Waals surface area contributed by atoms with Gasteiger partial charge in [0.1, 0.15) is 0 Å². The van der Waals surface area contributed by atoms with Crippen molar-refractivity contribution in [3.63, 3.8) is 0 Å². The summed E-state index contributed by atoms with van der Waals surface area (Å²) in [6.07, 6.45) is 10.6. The van der Waals surface area contributed by atoms with Crippen LogP contribution in [0.4, 0.5) is 0 Å². The zero-order valence-corrected chi connectivity index (χ0v) is 13.3. The summed E-state index contributed by atoms with van der Waals surface area (Å²) in [6, 6.07) is 0. The molecular weight excluding hydrogens is 250 g/mol. The molecule has 0 aromatic rings. The van der Waals surface area contributed by atoms with E-state index in [0.29, 0.717) is 6.10 Å². The van der Waals surface area contributed by atoms with Gasteiger partial charge in [0.25, 0.3) is 0 Å². The van der Waals surface area contributed by atoms with Crippen LogP contribution in [0.3, 0.4) is 0 Å². The van der Waals surface area contributed by atoms with E-state index in [0.717, 1.165) is 31.5 Å². The highest BCUT2D eigenvalue weighted by atomic mass is 16.5. The van der Waals surface area contributed by atoms with E-state index >= 15 is 0 Å². The second-order valence-electron chi connectivity index (χ2n) is 6.84. The first-order valence-corrected chi connectivity index (χ1v) is 8.52. The Hall–Kier alpha value is -0.570. The SMILES string of the molecule is CC(=O)N1CCC(CCCOC2CCC(C)CC2)CC1. The second kappa shape index (κ2) is 8.02. The predicted octanol–water partition coefficient (Wildman–Crippen LogP) is 3.62. The van der Waals surface area contributed by atoms with Crippen molar-refractivity contribution >= 4 is 5.91 Å². The van der Waals surface area contributed by atoms with Gasteiger partial charge >= 0.3 is 0 Å². The number of nitrogens with zero attached hydrogens (tertiary/aromatic N) is 1. The molecule has 3 heteroatoms. The summed E-state index contributed by atoms with van der Waals surface area (Å²) in [5.74, 6) is 1.94. The first-order valence-electron chi connectivity index (χ1n) is 8.52. The Morgan fingerprint density at radius 3 is 2.35 bits per heavy atom. The van der Waals surface area contributed by atoms with Crippen LogP contribution in [0.15, 0.2) is 0 Å². The molecular formula is C17H31NO2. The van der Waals surface area contributed by atoms with Crippen LogP contribution >= 0.6 is 0 Å². The first kappa shape index (κ1) is 15.8. The van der Waals surface area contributed by atoms with E-state index < -0.39 is 0 Å². The van der Waals surface area contributed by atoms with Crippen molar-refractivity contribution in [2.24, 2.45) is 11.8 Å². The second-order valence-corrected chi connectivity index (χ2v) is 6.84. The summed E-state index contributed by atoms with van der Waals surface area (Å²) >= 11 is 0. The summed E-state index contributed by atoms with van der Waals surface area (Å²) < 4.78 is 6.02. The van der Waals surface area contributed by atoms with Crippen LogP contribution in [0.2, 0.25) is 0 Å². The molecule has 0 aromatic carbocycles. The maximum Gasteiger partial charge on any atom is 0.219 e. The molecule has 1 saturated carbocycles. The molecule has 1 aliphatic carbocycles. The van der Waals surface area contributed by atoms with E-state index in [-0.39, 0.29) is 5.91 Å². The number of hydrogen-bond acceptors (Lipinski definition) is 2. The Morgan fingerprint density at radius 1 is 1.10 bits per heavy atom. The number of carbonyl (C=O) groups excluding carboxylic acids is 1. The summed E-state index contributed by atoms with van der Waals surface area (Å²) in [6.45, 7) is 6.89. The van der Waals surface area contributed by atoms with E-state index in [1.54, 1.807) is 6.92 Å². The fourth-order valence-corrected chi connectivity index (χ4v) is 3.55. The highest BCUT2D eigenvalue weighted by Crippen LogP contribution is 2.26. The molecule has 116 valence electrons. The highest BCUT2D eigenvalue weighted by molar-refractivity contribution is 5.73. The van der Waals surface area contributed by atoms with Gasteiger partial charge in [0, 0.05) is 26.6 Å². The molecule has 0 spiro atoms. The third kappa shape index (κ3) is 5.08. The molecule has 1 saturated heterocycles. The molecule has 0 N–H and O–H groups in total. The predicted molar refractivity (Wildman–Crippen MR) is 81.6 cm³/mol. The first-order chi connectivity index (χ1) is 9.65. The third-order valence-corrected chi connectivity index (χ3v) is 5.13. The average Bonchev–Trinajstić information content (AvgIpc) is 2.46. The van der Waals surface area contributed by atoms with Gasteiger partial charge in [-0.25, -0.2) is 0 Å². The quantitative estimate of drug-likeness (QED) is 0.720. The number of amides is 1. The summed E-state index contributed by atoms with van der Waals surface area (Å²) in [4.78, 5) is 13.3. The lowest BCUT2D eigenvalue weighted by molar-refractivity contribution is -0.130. The minimum Gasteiger partial charge on any atom is -0.378 e. The molecule has 0 atom stereocenters. The van der Waals surface area contributed by atoms with Crippen molar-refractivity contribution < 1.29 is 9.53 Å². The third-order valence-electron chi connectivity index (χ3n) is 5.13. The molecule has 0 unspecified atom stereocenters. The van der Waals surface area contributed by atoms with Gasteiger partial charge in [-0.2, -0.15) is 0 Å². The van der Waals surface area contributed by atoms with Gasteiger partial charge in [-0.3, -0.25) is 4.79 Å². The van der Waals surface area contributed by atoms with Gasteiger partial charge < -0.3 is 9.64 Å². The maximum absolute atomic E-state index is 11.3. The van der Waals surface area contributed by atoms with Gasteiger partial charge in [-0.05, 0) is 63.2 Å². The van der Waals surface area contributed by atoms with Crippen LogP contribution in [0.5, 0.6) is 0 Å². The summed E-state index contributed by atoms with van der Waals surface area (Å²) in [7, 11) is 0. The monoisotopic (exact) mass is 281 g/mol. The number of rotatable bonds is 5. The number of likely N-dealkylation sites (tertiary alicyclic amines) is 1. The van der Waals surface area contributed by atoms with E-state index in [2.05, 4.69) is 6.92 Å². The molecule has 1 aliphatic heterocycles. The van der Waals surface area contributed by atoms with Gasteiger partial charge in [-0.1, -0.05) is 6.92 Å². The Kier molecular flexibility index (Phi) is 6.34. The molecule has 3 nitrogen and oxygen atoms in total. The number of carbonyl (C=O) groups is 1. The standard InChI is InChI=1S/C17H31NO2/c1-14-5-7-17(8-6-14)20-13-3-4-16-9-11-18(12-10-16)15(2)19/h14,16-17H,3-13H2,1-2H3. The summed E-state index contributed by atoms with van der Waals surface area (Å²) in [5.41, 5.74) is 0. The molecule has 1 heterocycles. The number of ether oxygens (including phenoxy) is 1. The van der Waals surface area contributed by atoms with Crippen molar-refractivity contribution in [2.75, 3.05) is 19.7 Å². The normalized spacial score (nSPS) is 28.6. The Morgan fingerprint density at radius 2 is 1.75 bits per heavy atom. The smallest absolute Gasteiger partial charge is 0.219 e. The van der Waals surface area contributed by atoms with E-state index in [1.807, 2.05) is 4.90 Å². The van der Waals surface area contributed by atoms with Crippen molar-refractivity contribution in [3.8, 4) is 0 Å². The van der Waals surface area contributed by atoms with Crippen LogP contribution < -0.4 is 0 Å². The lowest BCUT2D eigenvalue weighted by atomic mass is 9.89.